The van der Waals surface area contributed by atoms with E-state index >= 15 is 0 Å². The number of hydrogen-bond acceptors (Lipinski definition) is 2. The Morgan fingerprint density at radius 3 is 1.60 bits per heavy atom. The summed E-state index contributed by atoms with van der Waals surface area (Å²) < 4.78 is 8.47. The molecule has 30 valence electrons. The Morgan fingerprint density at radius 1 is 1.20 bits per heavy atom. The van der Waals surface area contributed by atoms with Gasteiger partial charge in [0.25, 0.3) is 0 Å². The lowest BCUT2D eigenvalue weighted by molar-refractivity contribution is 0.580. The molecular formula is HBBr2O2. The molecule has 0 N–H and O–H groups in total. The van der Waals surface area contributed by atoms with Crippen molar-refractivity contribution in [2.75, 3.05) is 0 Å². The van der Waals surface area contributed by atoms with Crippen LogP contribution < -0.4 is 0 Å². The average Bonchev–Trinajstić information content (AvgIpc) is 1.41. The van der Waals surface area contributed by atoms with Gasteiger partial charge in [0, 0.05) is 0 Å². The van der Waals surface area contributed by atoms with Crippen LogP contribution in [-0.4, -0.2) is 7.69 Å². The fourth-order valence-electron chi connectivity index (χ4n) is 0.0168. The van der Waals surface area contributed by atoms with E-state index in [-0.39, 0.29) is 7.69 Å². The van der Waals surface area contributed by atoms with E-state index in [0.29, 0.717) is 0 Å². The molecule has 0 aliphatic carbocycles. The van der Waals surface area contributed by atoms with Crippen LogP contribution in [0.1, 0.15) is 0 Å². The Kier molecular flexibility index (Phi) is 5.88. The van der Waals surface area contributed by atoms with Crippen molar-refractivity contribution in [2.24, 2.45) is 0 Å². The van der Waals surface area contributed by atoms with Gasteiger partial charge in [-0.05, 0) is 0 Å². The Bertz CT molecular complexity index is 15.1. The third kappa shape index (κ3) is 4.94. The van der Waals surface area contributed by atoms with Crippen LogP contribution >= 0.6 is 32.5 Å². The van der Waals surface area contributed by atoms with Crippen LogP contribution in [-0.2, 0) is 7.49 Å². The summed E-state index contributed by atoms with van der Waals surface area (Å²) in [5.41, 5.74) is 0. The molecule has 0 saturated carbocycles. The molecule has 0 radical (unpaired) electrons. The molecule has 0 spiro atoms. The van der Waals surface area contributed by atoms with Crippen LogP contribution in [0.4, 0.5) is 0 Å². The molecule has 0 fully saturated rings. The fourth-order valence-corrected chi connectivity index (χ4v) is 0.455. The lowest BCUT2D eigenvalue weighted by Gasteiger charge is -1.77. The quantitative estimate of drug-likeness (QED) is 0.621. The summed E-state index contributed by atoms with van der Waals surface area (Å²) in [7, 11) is 0.222. The molecule has 5 heavy (non-hydrogen) atoms. The van der Waals surface area contributed by atoms with Gasteiger partial charge in [-0.1, -0.05) is 0 Å². The van der Waals surface area contributed by atoms with E-state index < -0.39 is 0 Å². The summed E-state index contributed by atoms with van der Waals surface area (Å²) in [5, 5.41) is 0. The molecule has 0 amide bonds. The highest BCUT2D eigenvalue weighted by molar-refractivity contribution is 9.06. The van der Waals surface area contributed by atoms with E-state index in [1.54, 1.807) is 0 Å². The van der Waals surface area contributed by atoms with Gasteiger partial charge in [-0.2, -0.15) is 0 Å². The maximum Gasteiger partial charge on any atom is 0.460 e. The second kappa shape index (κ2) is 4.94. The van der Waals surface area contributed by atoms with Crippen molar-refractivity contribution in [3.63, 3.8) is 0 Å². The first-order valence-corrected chi connectivity index (χ1v) is 2.18. The smallest absolute Gasteiger partial charge is 0.340 e. The minimum atomic E-state index is 0.222. The van der Waals surface area contributed by atoms with Gasteiger partial charge in [0.1, 0.15) is 0 Å². The largest absolute Gasteiger partial charge is 0.460 e. The van der Waals surface area contributed by atoms with Crippen LogP contribution in [0.2, 0.25) is 0 Å². The Morgan fingerprint density at radius 2 is 1.60 bits per heavy atom. The molecular weight excluding hydrogens is 203 g/mol. The average molecular weight is 204 g/mol. The molecule has 0 aromatic heterocycles. The van der Waals surface area contributed by atoms with Gasteiger partial charge in [-0.3, -0.25) is 0 Å². The topological polar surface area (TPSA) is 18.5 Å². The minimum absolute atomic E-state index is 0.222. The summed E-state index contributed by atoms with van der Waals surface area (Å²) >= 11 is 5.31. The number of halogens is 2. The summed E-state index contributed by atoms with van der Waals surface area (Å²) in [4.78, 5) is 0. The second-order valence-electron chi connectivity index (χ2n) is 0.336. The highest BCUT2D eigenvalue weighted by Crippen LogP contribution is 1.84. The predicted octanol–water partition coefficient (Wildman–Crippen LogP) is 0.906. The molecule has 5 heteroatoms. The van der Waals surface area contributed by atoms with Gasteiger partial charge in [0.05, 0.1) is 32.5 Å². The fraction of sp³-hybridized carbons (Fsp3) is 0. The van der Waals surface area contributed by atoms with Crippen molar-refractivity contribution in [3.05, 3.63) is 0 Å². The molecule has 0 bridgehead atoms. The monoisotopic (exact) mass is 202 g/mol. The molecule has 0 aliphatic rings. The second-order valence-corrected chi connectivity index (χ2v) is 1.25. The van der Waals surface area contributed by atoms with Gasteiger partial charge in [0.15, 0.2) is 0 Å². The normalized spacial score (nSPS) is 7.60. The van der Waals surface area contributed by atoms with Crippen molar-refractivity contribution in [1.82, 2.24) is 0 Å². The molecule has 0 atom stereocenters. The first-order valence-electron chi connectivity index (χ1n) is 0.886. The summed E-state index contributed by atoms with van der Waals surface area (Å²) in [6.45, 7) is 0. The Hall–Kier alpha value is 0.945. The van der Waals surface area contributed by atoms with Crippen molar-refractivity contribution in [3.8, 4) is 0 Å². The summed E-state index contributed by atoms with van der Waals surface area (Å²) in [6, 6.07) is 0. The highest BCUT2D eigenvalue weighted by Gasteiger charge is 1.78. The van der Waals surface area contributed by atoms with E-state index in [1.165, 1.54) is 0 Å². The van der Waals surface area contributed by atoms with Crippen molar-refractivity contribution < 1.29 is 7.49 Å². The van der Waals surface area contributed by atoms with E-state index in [9.17, 15) is 0 Å². The zero-order valence-electron chi connectivity index (χ0n) is 2.28. The van der Waals surface area contributed by atoms with Crippen LogP contribution in [0.5, 0.6) is 0 Å². The van der Waals surface area contributed by atoms with Crippen LogP contribution in [0.3, 0.4) is 0 Å². The summed E-state index contributed by atoms with van der Waals surface area (Å²) in [6.07, 6.45) is 0. The SMILES string of the molecule is BrOBOBr. The lowest BCUT2D eigenvalue weighted by Crippen LogP contribution is -1.83. The van der Waals surface area contributed by atoms with Crippen LogP contribution in [0.25, 0.3) is 0 Å². The van der Waals surface area contributed by atoms with Crippen molar-refractivity contribution >= 4 is 40.2 Å². The molecule has 0 unspecified atom stereocenters. The first-order chi connectivity index (χ1) is 2.41. The van der Waals surface area contributed by atoms with Crippen LogP contribution in [0.15, 0.2) is 0 Å². The third-order valence-electron chi connectivity index (χ3n) is 0.0891. The molecule has 0 heterocycles. The van der Waals surface area contributed by atoms with Gasteiger partial charge in [-0.25, -0.2) is 0 Å². The first kappa shape index (κ1) is 5.94. The standard InChI is InChI=1S/BBr2HO2/c2-4-1-5-3/h1H. The zero-order chi connectivity index (χ0) is 4.12. The van der Waals surface area contributed by atoms with E-state index in [2.05, 4.69) is 40.0 Å². The van der Waals surface area contributed by atoms with Crippen molar-refractivity contribution in [1.29, 1.82) is 0 Å². The molecule has 0 saturated heterocycles. The Labute approximate surface area is 48.0 Å². The van der Waals surface area contributed by atoms with Crippen molar-refractivity contribution in [2.45, 2.75) is 0 Å². The van der Waals surface area contributed by atoms with Crippen LogP contribution in [0, 0.1) is 0 Å². The molecule has 0 aromatic carbocycles. The van der Waals surface area contributed by atoms with Gasteiger partial charge >= 0.3 is 7.69 Å². The third-order valence-corrected chi connectivity index (χ3v) is 0.463. The predicted molar refractivity (Wildman–Crippen MR) is 27.2 cm³/mol. The van der Waals surface area contributed by atoms with E-state index in [0.717, 1.165) is 0 Å². The van der Waals surface area contributed by atoms with E-state index in [4.69, 9.17) is 0 Å². The maximum absolute atomic E-state index is 4.23. The maximum atomic E-state index is 4.23. The molecule has 2 nitrogen and oxygen atoms in total. The van der Waals surface area contributed by atoms with Gasteiger partial charge in [0.2, 0.25) is 0 Å². The Balaban J connectivity index is 2.19. The number of rotatable bonds is 2. The molecule has 0 rings (SSSR count). The van der Waals surface area contributed by atoms with Gasteiger partial charge in [-0.15, -0.1) is 0 Å². The molecule has 0 aromatic rings. The van der Waals surface area contributed by atoms with Gasteiger partial charge < -0.3 is 7.49 Å². The molecule has 0 aliphatic heterocycles. The number of hydrogen-bond donors (Lipinski definition) is 0. The lowest BCUT2D eigenvalue weighted by atomic mass is 10.5. The highest BCUT2D eigenvalue weighted by atomic mass is 79.9. The summed E-state index contributed by atoms with van der Waals surface area (Å²) in [5.74, 6) is 0. The zero-order valence-corrected chi connectivity index (χ0v) is 5.45. The van der Waals surface area contributed by atoms with E-state index in [1.807, 2.05) is 0 Å². The minimum Gasteiger partial charge on any atom is -0.340 e.